The SMILES string of the molecule is CC(O)(CSc1ccc(N)cc1Br)C(=O)O. The smallest absolute Gasteiger partial charge is 0.336 e. The summed E-state index contributed by atoms with van der Waals surface area (Å²) in [5.41, 5.74) is 4.47. The van der Waals surface area contributed by atoms with Gasteiger partial charge in [0.2, 0.25) is 0 Å². The molecule has 1 atom stereocenters. The van der Waals surface area contributed by atoms with Crippen LogP contribution < -0.4 is 5.73 Å². The van der Waals surface area contributed by atoms with Crippen LogP contribution in [0.2, 0.25) is 0 Å². The number of nitrogen functional groups attached to an aromatic ring is 1. The first-order chi connectivity index (χ1) is 7.33. The molecule has 0 amide bonds. The number of aliphatic hydroxyl groups is 1. The molecule has 1 rings (SSSR count). The molecule has 0 heterocycles. The lowest BCUT2D eigenvalue weighted by atomic mass is 10.1. The monoisotopic (exact) mass is 305 g/mol. The Hall–Kier alpha value is -0.720. The fourth-order valence-corrected chi connectivity index (χ4v) is 2.58. The Morgan fingerprint density at radius 3 is 2.75 bits per heavy atom. The van der Waals surface area contributed by atoms with Gasteiger partial charge in [-0.15, -0.1) is 11.8 Å². The molecular formula is C10H12BrNO3S. The van der Waals surface area contributed by atoms with Gasteiger partial charge in [-0.25, -0.2) is 4.79 Å². The third-order valence-corrected chi connectivity index (χ3v) is 4.22. The Bertz CT molecular complexity index is 409. The zero-order chi connectivity index (χ0) is 12.3. The van der Waals surface area contributed by atoms with Gasteiger partial charge in [-0.2, -0.15) is 0 Å². The van der Waals surface area contributed by atoms with Crippen LogP contribution in [0.25, 0.3) is 0 Å². The van der Waals surface area contributed by atoms with Gasteiger partial charge < -0.3 is 15.9 Å². The number of halogens is 1. The van der Waals surface area contributed by atoms with E-state index < -0.39 is 11.6 Å². The molecule has 0 spiro atoms. The molecule has 0 bridgehead atoms. The van der Waals surface area contributed by atoms with Crippen LogP contribution in [-0.2, 0) is 4.79 Å². The standard InChI is InChI=1S/C10H12BrNO3S/c1-10(15,9(13)14)5-16-8-3-2-6(12)4-7(8)11/h2-4,15H,5,12H2,1H3,(H,13,14). The van der Waals surface area contributed by atoms with E-state index in [-0.39, 0.29) is 5.75 Å². The van der Waals surface area contributed by atoms with Gasteiger partial charge in [0.05, 0.1) is 0 Å². The molecule has 0 saturated carbocycles. The maximum atomic E-state index is 10.7. The number of hydrogen-bond donors (Lipinski definition) is 3. The quantitative estimate of drug-likeness (QED) is 0.585. The lowest BCUT2D eigenvalue weighted by Crippen LogP contribution is -2.37. The van der Waals surface area contributed by atoms with E-state index in [2.05, 4.69) is 15.9 Å². The number of nitrogens with two attached hydrogens (primary N) is 1. The number of hydrogen-bond acceptors (Lipinski definition) is 4. The third kappa shape index (κ3) is 3.40. The van der Waals surface area contributed by atoms with Crippen LogP contribution in [0, 0.1) is 0 Å². The average molecular weight is 306 g/mol. The summed E-state index contributed by atoms with van der Waals surface area (Å²) in [6.07, 6.45) is 0. The Balaban J connectivity index is 2.72. The minimum Gasteiger partial charge on any atom is -0.479 e. The molecule has 4 N–H and O–H groups in total. The van der Waals surface area contributed by atoms with E-state index in [1.807, 2.05) is 0 Å². The fourth-order valence-electron chi connectivity index (χ4n) is 0.914. The molecule has 1 unspecified atom stereocenters. The van der Waals surface area contributed by atoms with Gasteiger partial charge in [0, 0.05) is 20.8 Å². The minimum absolute atomic E-state index is 0.0743. The van der Waals surface area contributed by atoms with Crippen molar-refractivity contribution in [1.29, 1.82) is 0 Å². The normalized spacial score (nSPS) is 14.4. The predicted molar refractivity (Wildman–Crippen MR) is 67.5 cm³/mol. The van der Waals surface area contributed by atoms with Crippen molar-refractivity contribution < 1.29 is 15.0 Å². The second-order valence-electron chi connectivity index (χ2n) is 3.56. The molecule has 1 aromatic rings. The van der Waals surface area contributed by atoms with Crippen LogP contribution in [0.3, 0.4) is 0 Å². The van der Waals surface area contributed by atoms with Crippen molar-refractivity contribution in [2.45, 2.75) is 17.4 Å². The molecule has 88 valence electrons. The summed E-state index contributed by atoms with van der Waals surface area (Å²) >= 11 is 4.58. The van der Waals surface area contributed by atoms with Crippen LogP contribution in [0.1, 0.15) is 6.92 Å². The maximum Gasteiger partial charge on any atom is 0.336 e. The van der Waals surface area contributed by atoms with Crippen molar-refractivity contribution >= 4 is 39.3 Å². The van der Waals surface area contributed by atoms with Gasteiger partial charge in [0.15, 0.2) is 5.60 Å². The lowest BCUT2D eigenvalue weighted by Gasteiger charge is -2.17. The molecule has 6 heteroatoms. The molecule has 4 nitrogen and oxygen atoms in total. The van der Waals surface area contributed by atoms with E-state index in [1.54, 1.807) is 18.2 Å². The summed E-state index contributed by atoms with van der Waals surface area (Å²) in [7, 11) is 0. The Labute approximate surface area is 106 Å². The van der Waals surface area contributed by atoms with Gasteiger partial charge in [-0.1, -0.05) is 0 Å². The predicted octanol–water partition coefficient (Wildman–Crippen LogP) is 1.96. The summed E-state index contributed by atoms with van der Waals surface area (Å²) in [6, 6.07) is 5.24. The number of anilines is 1. The van der Waals surface area contributed by atoms with Gasteiger partial charge in [-0.05, 0) is 41.1 Å². The van der Waals surface area contributed by atoms with E-state index in [1.165, 1.54) is 18.7 Å². The first-order valence-corrected chi connectivity index (χ1v) is 6.24. The topological polar surface area (TPSA) is 83.5 Å². The highest BCUT2D eigenvalue weighted by molar-refractivity contribution is 9.10. The molecule has 0 aliphatic carbocycles. The number of carboxylic acids is 1. The minimum atomic E-state index is -1.73. The molecular weight excluding hydrogens is 294 g/mol. The largest absolute Gasteiger partial charge is 0.479 e. The van der Waals surface area contributed by atoms with Crippen LogP contribution in [0.4, 0.5) is 5.69 Å². The molecule has 1 aromatic carbocycles. The number of carboxylic acid groups (broad SMARTS) is 1. The molecule has 16 heavy (non-hydrogen) atoms. The number of benzene rings is 1. The van der Waals surface area contributed by atoms with Crippen molar-refractivity contribution in [3.8, 4) is 0 Å². The molecule has 0 radical (unpaired) electrons. The summed E-state index contributed by atoms with van der Waals surface area (Å²) < 4.78 is 0.790. The molecule has 0 aromatic heterocycles. The second-order valence-corrected chi connectivity index (χ2v) is 5.43. The van der Waals surface area contributed by atoms with E-state index in [0.717, 1.165) is 9.37 Å². The Morgan fingerprint density at radius 2 is 2.25 bits per heavy atom. The van der Waals surface area contributed by atoms with Crippen LogP contribution in [0.5, 0.6) is 0 Å². The summed E-state index contributed by atoms with van der Waals surface area (Å²) in [5, 5.41) is 18.3. The number of carbonyl (C=O) groups is 1. The summed E-state index contributed by atoms with van der Waals surface area (Å²) in [6.45, 7) is 1.27. The first kappa shape index (κ1) is 13.3. The van der Waals surface area contributed by atoms with E-state index in [4.69, 9.17) is 10.8 Å². The highest BCUT2D eigenvalue weighted by atomic mass is 79.9. The van der Waals surface area contributed by atoms with E-state index in [9.17, 15) is 9.90 Å². The fraction of sp³-hybridized carbons (Fsp3) is 0.300. The number of thioether (sulfide) groups is 1. The van der Waals surface area contributed by atoms with Crippen LogP contribution in [0.15, 0.2) is 27.6 Å². The summed E-state index contributed by atoms with van der Waals surface area (Å²) in [5.74, 6) is -1.16. The molecule has 0 aliphatic rings. The van der Waals surface area contributed by atoms with Crippen molar-refractivity contribution in [1.82, 2.24) is 0 Å². The molecule has 0 aliphatic heterocycles. The highest BCUT2D eigenvalue weighted by Crippen LogP contribution is 2.31. The Morgan fingerprint density at radius 1 is 1.62 bits per heavy atom. The average Bonchev–Trinajstić information content (AvgIpc) is 2.16. The van der Waals surface area contributed by atoms with Crippen molar-refractivity contribution in [3.05, 3.63) is 22.7 Å². The second kappa shape index (κ2) is 5.07. The lowest BCUT2D eigenvalue weighted by molar-refractivity contribution is -0.154. The number of aliphatic carboxylic acids is 1. The third-order valence-electron chi connectivity index (χ3n) is 1.93. The zero-order valence-electron chi connectivity index (χ0n) is 8.61. The number of rotatable bonds is 4. The van der Waals surface area contributed by atoms with Gasteiger partial charge in [0.1, 0.15) is 0 Å². The van der Waals surface area contributed by atoms with Crippen LogP contribution in [-0.4, -0.2) is 27.5 Å². The van der Waals surface area contributed by atoms with Gasteiger partial charge in [-0.3, -0.25) is 0 Å². The Kier molecular flexibility index (Phi) is 4.23. The highest BCUT2D eigenvalue weighted by Gasteiger charge is 2.30. The molecule has 0 fully saturated rings. The zero-order valence-corrected chi connectivity index (χ0v) is 11.0. The van der Waals surface area contributed by atoms with Crippen LogP contribution >= 0.6 is 27.7 Å². The van der Waals surface area contributed by atoms with Crippen molar-refractivity contribution in [3.63, 3.8) is 0 Å². The molecule has 0 saturated heterocycles. The van der Waals surface area contributed by atoms with Crippen molar-refractivity contribution in [2.75, 3.05) is 11.5 Å². The van der Waals surface area contributed by atoms with E-state index >= 15 is 0 Å². The maximum absolute atomic E-state index is 10.7. The first-order valence-electron chi connectivity index (χ1n) is 4.46. The van der Waals surface area contributed by atoms with Crippen molar-refractivity contribution in [2.24, 2.45) is 0 Å². The van der Waals surface area contributed by atoms with Gasteiger partial charge >= 0.3 is 5.97 Å². The van der Waals surface area contributed by atoms with E-state index in [0.29, 0.717) is 5.69 Å². The summed E-state index contributed by atoms with van der Waals surface area (Å²) in [4.78, 5) is 11.5. The van der Waals surface area contributed by atoms with Gasteiger partial charge in [0.25, 0.3) is 0 Å².